The molecule has 1 fully saturated rings. The Morgan fingerprint density at radius 3 is 2.40 bits per heavy atom. The lowest BCUT2D eigenvalue weighted by Gasteiger charge is -2.36. The molecule has 0 aromatic carbocycles. The molecule has 0 aromatic rings. The Morgan fingerprint density at radius 2 is 1.93 bits per heavy atom. The predicted molar refractivity (Wildman–Crippen MR) is 62.8 cm³/mol. The van der Waals surface area contributed by atoms with Crippen LogP contribution in [0.25, 0.3) is 0 Å². The number of likely N-dealkylation sites (tertiary alicyclic amines) is 1. The Hall–Kier alpha value is -0.570. The maximum atomic E-state index is 11.7. The number of rotatable bonds is 4. The monoisotopic (exact) mass is 212 g/mol. The summed E-state index contributed by atoms with van der Waals surface area (Å²) in [7, 11) is 1.96. The molecule has 1 aliphatic rings. The normalized spacial score (nSPS) is 19.1. The predicted octanol–water partition coefficient (Wildman–Crippen LogP) is 1.73. The minimum absolute atomic E-state index is 0.312. The molecule has 0 bridgehead atoms. The van der Waals surface area contributed by atoms with Crippen molar-refractivity contribution in [2.75, 3.05) is 26.7 Å². The van der Waals surface area contributed by atoms with Gasteiger partial charge in [-0.2, -0.15) is 0 Å². The van der Waals surface area contributed by atoms with Gasteiger partial charge in [-0.25, -0.2) is 0 Å². The van der Waals surface area contributed by atoms with Crippen molar-refractivity contribution in [3.05, 3.63) is 0 Å². The van der Waals surface area contributed by atoms with Crippen molar-refractivity contribution >= 4 is 5.91 Å². The van der Waals surface area contributed by atoms with E-state index >= 15 is 0 Å². The van der Waals surface area contributed by atoms with E-state index in [9.17, 15) is 4.79 Å². The van der Waals surface area contributed by atoms with Crippen LogP contribution in [0.3, 0.4) is 0 Å². The zero-order valence-electron chi connectivity index (χ0n) is 10.3. The van der Waals surface area contributed by atoms with Crippen LogP contribution in [-0.4, -0.2) is 48.4 Å². The molecule has 3 heteroatoms. The van der Waals surface area contributed by atoms with Crippen LogP contribution in [0, 0.1) is 0 Å². The molecule has 0 N–H and O–H groups in total. The molecular weight excluding hydrogens is 188 g/mol. The lowest BCUT2D eigenvalue weighted by molar-refractivity contribution is -0.132. The summed E-state index contributed by atoms with van der Waals surface area (Å²) < 4.78 is 0. The Bertz CT molecular complexity index is 198. The Balaban J connectivity index is 2.35. The summed E-state index contributed by atoms with van der Waals surface area (Å²) in [6.45, 7) is 7.69. The van der Waals surface area contributed by atoms with Crippen molar-refractivity contribution in [2.45, 2.75) is 45.6 Å². The zero-order valence-corrected chi connectivity index (χ0v) is 10.3. The highest BCUT2D eigenvalue weighted by Gasteiger charge is 2.23. The van der Waals surface area contributed by atoms with Gasteiger partial charge >= 0.3 is 0 Å². The van der Waals surface area contributed by atoms with E-state index in [2.05, 4.69) is 18.7 Å². The molecule has 15 heavy (non-hydrogen) atoms. The number of hydrogen-bond acceptors (Lipinski definition) is 2. The van der Waals surface area contributed by atoms with Gasteiger partial charge in [-0.3, -0.25) is 4.79 Å². The molecule has 0 saturated carbocycles. The molecule has 1 saturated heterocycles. The first-order valence-corrected chi connectivity index (χ1v) is 6.17. The van der Waals surface area contributed by atoms with Gasteiger partial charge in [-0.15, -0.1) is 0 Å². The first-order chi connectivity index (χ1) is 7.19. The van der Waals surface area contributed by atoms with Gasteiger partial charge in [-0.1, -0.05) is 13.8 Å². The molecule has 0 aliphatic carbocycles. The number of carbonyl (C=O) groups excluding carboxylic acids is 1. The Kier molecular flexibility index (Phi) is 5.09. The molecule has 1 rings (SSSR count). The first kappa shape index (κ1) is 12.5. The van der Waals surface area contributed by atoms with Crippen LogP contribution in [0.1, 0.15) is 39.5 Å². The number of hydrogen-bond donors (Lipinski definition) is 0. The number of carbonyl (C=O) groups is 1. The lowest BCUT2D eigenvalue weighted by Crippen LogP contribution is -2.45. The highest BCUT2D eigenvalue weighted by Crippen LogP contribution is 2.16. The fraction of sp³-hybridized carbons (Fsp3) is 0.917. The summed E-state index contributed by atoms with van der Waals surface area (Å²) in [5.41, 5.74) is 0. The van der Waals surface area contributed by atoms with E-state index in [0.717, 1.165) is 38.9 Å². The van der Waals surface area contributed by atoms with Crippen molar-refractivity contribution in [2.24, 2.45) is 0 Å². The SMILES string of the molecule is CCCC(=O)N(C)C1CCN(CC)CC1. The minimum atomic E-state index is 0.312. The highest BCUT2D eigenvalue weighted by molar-refractivity contribution is 5.76. The molecule has 0 spiro atoms. The lowest BCUT2D eigenvalue weighted by atomic mass is 10.0. The van der Waals surface area contributed by atoms with E-state index in [1.54, 1.807) is 0 Å². The molecule has 0 atom stereocenters. The fourth-order valence-corrected chi connectivity index (χ4v) is 2.22. The van der Waals surface area contributed by atoms with E-state index < -0.39 is 0 Å². The quantitative estimate of drug-likeness (QED) is 0.708. The molecule has 1 heterocycles. The zero-order chi connectivity index (χ0) is 11.3. The fourth-order valence-electron chi connectivity index (χ4n) is 2.22. The average Bonchev–Trinajstić information content (AvgIpc) is 2.28. The van der Waals surface area contributed by atoms with Gasteiger partial charge in [0, 0.05) is 32.6 Å². The van der Waals surface area contributed by atoms with Gasteiger partial charge in [0.25, 0.3) is 0 Å². The summed E-state index contributed by atoms with van der Waals surface area (Å²) in [5.74, 6) is 0.312. The van der Waals surface area contributed by atoms with Crippen molar-refractivity contribution in [1.82, 2.24) is 9.80 Å². The largest absolute Gasteiger partial charge is 0.343 e. The third-order valence-corrected chi connectivity index (χ3v) is 3.41. The Morgan fingerprint density at radius 1 is 1.33 bits per heavy atom. The smallest absolute Gasteiger partial charge is 0.222 e. The molecule has 0 aromatic heterocycles. The standard InChI is InChI=1S/C12H24N2O/c1-4-6-12(15)13(3)11-7-9-14(5-2)10-8-11/h11H,4-10H2,1-3H3. The van der Waals surface area contributed by atoms with Crippen molar-refractivity contribution in [3.8, 4) is 0 Å². The first-order valence-electron chi connectivity index (χ1n) is 6.17. The molecule has 1 aliphatic heterocycles. The van der Waals surface area contributed by atoms with Crippen LogP contribution < -0.4 is 0 Å². The van der Waals surface area contributed by atoms with Gasteiger partial charge in [0.1, 0.15) is 0 Å². The molecular formula is C12H24N2O. The molecule has 0 radical (unpaired) electrons. The van der Waals surface area contributed by atoms with Crippen LogP contribution >= 0.6 is 0 Å². The van der Waals surface area contributed by atoms with Gasteiger partial charge < -0.3 is 9.80 Å². The van der Waals surface area contributed by atoms with Crippen molar-refractivity contribution in [3.63, 3.8) is 0 Å². The van der Waals surface area contributed by atoms with E-state index in [4.69, 9.17) is 0 Å². The van der Waals surface area contributed by atoms with Crippen LogP contribution in [-0.2, 0) is 4.79 Å². The number of nitrogens with zero attached hydrogens (tertiary/aromatic N) is 2. The summed E-state index contributed by atoms with van der Waals surface area (Å²) in [6, 6.07) is 0.479. The topological polar surface area (TPSA) is 23.6 Å². The molecule has 3 nitrogen and oxygen atoms in total. The maximum Gasteiger partial charge on any atom is 0.222 e. The summed E-state index contributed by atoms with van der Waals surface area (Å²) in [5, 5.41) is 0. The van der Waals surface area contributed by atoms with E-state index in [-0.39, 0.29) is 0 Å². The van der Waals surface area contributed by atoms with Crippen molar-refractivity contribution in [1.29, 1.82) is 0 Å². The maximum absolute atomic E-state index is 11.7. The molecule has 1 amide bonds. The summed E-state index contributed by atoms with van der Waals surface area (Å²) in [4.78, 5) is 16.1. The highest BCUT2D eigenvalue weighted by atomic mass is 16.2. The van der Waals surface area contributed by atoms with E-state index in [0.29, 0.717) is 18.4 Å². The van der Waals surface area contributed by atoms with Crippen LogP contribution in [0.15, 0.2) is 0 Å². The third-order valence-electron chi connectivity index (χ3n) is 3.41. The summed E-state index contributed by atoms with van der Waals surface area (Å²) in [6.07, 6.45) is 3.93. The van der Waals surface area contributed by atoms with E-state index in [1.165, 1.54) is 0 Å². The molecule has 88 valence electrons. The second-order valence-corrected chi connectivity index (χ2v) is 4.42. The molecule has 0 unspecified atom stereocenters. The number of piperidine rings is 1. The van der Waals surface area contributed by atoms with Gasteiger partial charge in [-0.05, 0) is 25.8 Å². The van der Waals surface area contributed by atoms with E-state index in [1.807, 2.05) is 11.9 Å². The number of amides is 1. The van der Waals surface area contributed by atoms with Crippen LogP contribution in [0.4, 0.5) is 0 Å². The minimum Gasteiger partial charge on any atom is -0.343 e. The van der Waals surface area contributed by atoms with Gasteiger partial charge in [0.2, 0.25) is 5.91 Å². The Labute approximate surface area is 93.4 Å². The van der Waals surface area contributed by atoms with Crippen molar-refractivity contribution < 1.29 is 4.79 Å². The summed E-state index contributed by atoms with van der Waals surface area (Å²) >= 11 is 0. The second-order valence-electron chi connectivity index (χ2n) is 4.42. The third kappa shape index (κ3) is 3.49. The van der Waals surface area contributed by atoms with Gasteiger partial charge in [0.15, 0.2) is 0 Å². The van der Waals surface area contributed by atoms with Gasteiger partial charge in [0.05, 0.1) is 0 Å². The second kappa shape index (κ2) is 6.11. The average molecular weight is 212 g/mol. The van der Waals surface area contributed by atoms with Crippen LogP contribution in [0.5, 0.6) is 0 Å². The van der Waals surface area contributed by atoms with Crippen LogP contribution in [0.2, 0.25) is 0 Å².